The first-order valence-corrected chi connectivity index (χ1v) is 15.4. The molecule has 2 saturated heterocycles. The van der Waals surface area contributed by atoms with Crippen LogP contribution in [0.15, 0.2) is 77.7 Å². The van der Waals surface area contributed by atoms with Crippen molar-refractivity contribution in [3.05, 3.63) is 94.0 Å². The zero-order chi connectivity index (χ0) is 28.7. The lowest BCUT2D eigenvalue weighted by Crippen LogP contribution is -2.65. The first-order chi connectivity index (χ1) is 19.0. The SMILES string of the molecule is CC1(C)CN(C2CCCN(C(=O)c3cc(S(=O)(=O)N(Cc4ccccc4)c4ccccc4Cl)ccc3Cl)C2)C1=O. The number of piperidine rings is 1. The van der Waals surface area contributed by atoms with Crippen molar-refractivity contribution in [3.63, 3.8) is 0 Å². The number of sulfonamides is 1. The van der Waals surface area contributed by atoms with Gasteiger partial charge in [0.15, 0.2) is 0 Å². The molecule has 2 aliphatic heterocycles. The number of para-hydroxylation sites is 1. The fourth-order valence-corrected chi connectivity index (χ4v) is 7.37. The number of hydrogen-bond donors (Lipinski definition) is 0. The Morgan fingerprint density at radius 1 is 1.00 bits per heavy atom. The molecule has 0 saturated carbocycles. The third-order valence-electron chi connectivity index (χ3n) is 7.58. The Morgan fingerprint density at radius 2 is 1.70 bits per heavy atom. The van der Waals surface area contributed by atoms with Crippen LogP contribution in [-0.4, -0.2) is 55.7 Å². The molecule has 40 heavy (non-hydrogen) atoms. The minimum Gasteiger partial charge on any atom is -0.337 e. The molecule has 2 amide bonds. The fraction of sp³-hybridized carbons (Fsp3) is 0.333. The zero-order valence-electron chi connectivity index (χ0n) is 22.4. The number of halogens is 2. The van der Waals surface area contributed by atoms with E-state index in [1.807, 2.05) is 49.1 Å². The summed E-state index contributed by atoms with van der Waals surface area (Å²) in [6.45, 7) is 5.45. The first kappa shape index (κ1) is 28.5. The van der Waals surface area contributed by atoms with E-state index >= 15 is 0 Å². The van der Waals surface area contributed by atoms with Crippen LogP contribution in [0, 0.1) is 5.41 Å². The van der Waals surface area contributed by atoms with E-state index in [0.29, 0.717) is 25.3 Å². The van der Waals surface area contributed by atoms with Gasteiger partial charge in [-0.05, 0) is 62.6 Å². The molecule has 5 rings (SSSR count). The summed E-state index contributed by atoms with van der Waals surface area (Å²) >= 11 is 12.9. The van der Waals surface area contributed by atoms with Gasteiger partial charge in [0.1, 0.15) is 0 Å². The molecule has 1 atom stereocenters. The Morgan fingerprint density at radius 3 is 2.38 bits per heavy atom. The van der Waals surface area contributed by atoms with Crippen molar-refractivity contribution < 1.29 is 18.0 Å². The van der Waals surface area contributed by atoms with Gasteiger partial charge in [-0.25, -0.2) is 8.42 Å². The van der Waals surface area contributed by atoms with Crippen molar-refractivity contribution >= 4 is 50.7 Å². The highest BCUT2D eigenvalue weighted by molar-refractivity contribution is 7.92. The number of anilines is 1. The minimum absolute atomic E-state index is 0.0484. The van der Waals surface area contributed by atoms with Crippen molar-refractivity contribution in [3.8, 4) is 0 Å². The molecule has 0 aromatic heterocycles. The van der Waals surface area contributed by atoms with Gasteiger partial charge in [0.25, 0.3) is 15.9 Å². The van der Waals surface area contributed by atoms with Gasteiger partial charge in [-0.2, -0.15) is 0 Å². The van der Waals surface area contributed by atoms with Crippen LogP contribution in [0.1, 0.15) is 42.6 Å². The molecule has 2 heterocycles. The summed E-state index contributed by atoms with van der Waals surface area (Å²) in [4.78, 5) is 29.7. The monoisotopic (exact) mass is 599 g/mol. The Bertz CT molecular complexity index is 1550. The summed E-state index contributed by atoms with van der Waals surface area (Å²) in [5.41, 5.74) is 0.847. The van der Waals surface area contributed by atoms with Crippen molar-refractivity contribution in [1.82, 2.24) is 9.80 Å². The second-order valence-electron chi connectivity index (χ2n) is 11.0. The molecular formula is C30H31Cl2N3O4S. The molecule has 1 unspecified atom stereocenters. The molecule has 3 aromatic rings. The average molecular weight is 601 g/mol. The summed E-state index contributed by atoms with van der Waals surface area (Å²) in [6, 6.07) is 20.1. The van der Waals surface area contributed by atoms with E-state index < -0.39 is 10.0 Å². The first-order valence-electron chi connectivity index (χ1n) is 13.2. The Kier molecular flexibility index (Phi) is 7.88. The highest BCUT2D eigenvalue weighted by atomic mass is 35.5. The molecule has 10 heteroatoms. The zero-order valence-corrected chi connectivity index (χ0v) is 24.7. The molecule has 7 nitrogen and oxygen atoms in total. The average Bonchev–Trinajstić information content (AvgIpc) is 2.95. The van der Waals surface area contributed by atoms with Crippen LogP contribution in [-0.2, 0) is 21.4 Å². The molecule has 210 valence electrons. The summed E-state index contributed by atoms with van der Waals surface area (Å²) < 4.78 is 29.4. The number of carbonyl (C=O) groups excluding carboxylic acids is 2. The van der Waals surface area contributed by atoms with Crippen LogP contribution in [0.4, 0.5) is 5.69 Å². The number of rotatable bonds is 7. The molecule has 0 N–H and O–H groups in total. The molecule has 0 aliphatic carbocycles. The van der Waals surface area contributed by atoms with Gasteiger partial charge >= 0.3 is 0 Å². The van der Waals surface area contributed by atoms with E-state index in [4.69, 9.17) is 23.2 Å². The van der Waals surface area contributed by atoms with E-state index in [1.54, 1.807) is 29.2 Å². The molecule has 3 aromatic carbocycles. The number of benzene rings is 3. The van der Waals surface area contributed by atoms with Crippen molar-refractivity contribution in [2.75, 3.05) is 23.9 Å². The quantitative estimate of drug-likeness (QED) is 0.319. The van der Waals surface area contributed by atoms with Crippen LogP contribution >= 0.6 is 23.2 Å². The summed E-state index contributed by atoms with van der Waals surface area (Å²) in [5.74, 6) is -0.262. The van der Waals surface area contributed by atoms with Gasteiger partial charge in [0, 0.05) is 25.7 Å². The molecular weight excluding hydrogens is 569 g/mol. The highest BCUT2D eigenvalue weighted by Gasteiger charge is 2.48. The van der Waals surface area contributed by atoms with Crippen LogP contribution < -0.4 is 4.31 Å². The standard InChI is InChI=1S/C30H31Cl2N3O4S/c1-30(2)20-34(29(30)37)22-11-8-16-33(19-22)28(36)24-17-23(14-15-25(24)31)40(38,39)35(18-21-9-4-3-5-10-21)27-13-7-6-12-26(27)32/h3-7,9-10,12-15,17,22H,8,11,16,18-20H2,1-2H3. The van der Waals surface area contributed by atoms with Gasteiger partial charge in [-0.3, -0.25) is 13.9 Å². The molecule has 2 fully saturated rings. The predicted molar refractivity (Wildman–Crippen MR) is 157 cm³/mol. The van der Waals surface area contributed by atoms with Crippen LogP contribution in [0.2, 0.25) is 10.0 Å². The normalized spacial score (nSPS) is 18.8. The van der Waals surface area contributed by atoms with Gasteiger partial charge in [0.05, 0.1) is 38.2 Å². The van der Waals surface area contributed by atoms with E-state index in [1.165, 1.54) is 22.5 Å². The fourth-order valence-electron chi connectivity index (χ4n) is 5.38. The van der Waals surface area contributed by atoms with Gasteiger partial charge in [0.2, 0.25) is 5.91 Å². The van der Waals surface area contributed by atoms with E-state index in [2.05, 4.69) is 0 Å². The van der Waals surface area contributed by atoms with E-state index in [0.717, 1.165) is 18.4 Å². The number of likely N-dealkylation sites (tertiary alicyclic amines) is 2. The second-order valence-corrected chi connectivity index (χ2v) is 13.6. The maximum absolute atomic E-state index is 14.1. The maximum Gasteiger partial charge on any atom is 0.264 e. The number of amides is 2. The van der Waals surface area contributed by atoms with Gasteiger partial charge in [-0.15, -0.1) is 0 Å². The Balaban J connectivity index is 1.45. The molecule has 0 spiro atoms. The molecule has 2 aliphatic rings. The lowest BCUT2D eigenvalue weighted by atomic mass is 9.81. The van der Waals surface area contributed by atoms with Crippen molar-refractivity contribution in [2.45, 2.75) is 44.2 Å². The Hall–Kier alpha value is -3.07. The Labute approximate surface area is 245 Å². The minimum atomic E-state index is -4.15. The van der Waals surface area contributed by atoms with Crippen molar-refractivity contribution in [1.29, 1.82) is 0 Å². The van der Waals surface area contributed by atoms with Crippen LogP contribution in [0.3, 0.4) is 0 Å². The van der Waals surface area contributed by atoms with E-state index in [9.17, 15) is 18.0 Å². The smallest absolute Gasteiger partial charge is 0.264 e. The molecule has 0 bridgehead atoms. The summed E-state index contributed by atoms with van der Waals surface area (Å²) in [5, 5.41) is 0.454. The number of carbonyl (C=O) groups is 2. The number of β-lactam (4-membered cyclic amide) rings is 1. The van der Waals surface area contributed by atoms with E-state index in [-0.39, 0.29) is 50.3 Å². The van der Waals surface area contributed by atoms with Crippen molar-refractivity contribution in [2.24, 2.45) is 5.41 Å². The predicted octanol–water partition coefficient (Wildman–Crippen LogP) is 5.86. The topological polar surface area (TPSA) is 78.0 Å². The van der Waals surface area contributed by atoms with Crippen LogP contribution in [0.25, 0.3) is 0 Å². The third kappa shape index (κ3) is 5.45. The highest BCUT2D eigenvalue weighted by Crippen LogP contribution is 2.36. The summed E-state index contributed by atoms with van der Waals surface area (Å²) in [7, 11) is -4.15. The maximum atomic E-state index is 14.1. The number of nitrogens with zero attached hydrogens (tertiary/aromatic N) is 3. The van der Waals surface area contributed by atoms with Gasteiger partial charge in [-0.1, -0.05) is 65.7 Å². The number of hydrogen-bond acceptors (Lipinski definition) is 4. The lowest BCUT2D eigenvalue weighted by molar-refractivity contribution is -0.162. The third-order valence-corrected chi connectivity index (χ3v) is 9.98. The second kappa shape index (κ2) is 11.1. The van der Waals surface area contributed by atoms with Crippen LogP contribution in [0.5, 0.6) is 0 Å². The molecule has 0 radical (unpaired) electrons. The largest absolute Gasteiger partial charge is 0.337 e. The van der Waals surface area contributed by atoms with Gasteiger partial charge < -0.3 is 9.80 Å². The lowest BCUT2D eigenvalue weighted by Gasteiger charge is -2.51. The summed E-state index contributed by atoms with van der Waals surface area (Å²) in [6.07, 6.45) is 1.56.